The molecule has 0 radical (unpaired) electrons. The van der Waals surface area contributed by atoms with Crippen LogP contribution in [0.25, 0.3) is 11.3 Å². The van der Waals surface area contributed by atoms with Crippen molar-refractivity contribution in [3.63, 3.8) is 0 Å². The van der Waals surface area contributed by atoms with Gasteiger partial charge in [0.05, 0.1) is 11.7 Å². The zero-order valence-corrected chi connectivity index (χ0v) is 17.8. The Hall–Kier alpha value is -3.22. The maximum atomic E-state index is 13.3. The van der Waals surface area contributed by atoms with E-state index in [1.807, 2.05) is 59.5 Å². The summed E-state index contributed by atoms with van der Waals surface area (Å²) in [5.41, 5.74) is 2.55. The van der Waals surface area contributed by atoms with E-state index in [4.69, 9.17) is 28.2 Å². The summed E-state index contributed by atoms with van der Waals surface area (Å²) in [7, 11) is 0. The SMILES string of the molecule is Fc1ccc(-c2ccc([C@H]3[C@H](c4ccccn4)NC(=S)N3c3ccc(Cl)cc3)o2)cc1. The molecule has 4 nitrogen and oxygen atoms in total. The average Bonchev–Trinajstić information content (AvgIpc) is 3.40. The first-order valence-corrected chi connectivity index (χ1v) is 10.5. The number of rotatable bonds is 4. The van der Waals surface area contributed by atoms with E-state index in [0.717, 1.165) is 22.7 Å². The van der Waals surface area contributed by atoms with Crippen LogP contribution < -0.4 is 10.2 Å². The molecule has 1 aliphatic heterocycles. The molecule has 0 unspecified atom stereocenters. The summed E-state index contributed by atoms with van der Waals surface area (Å²) in [6.07, 6.45) is 1.76. The molecule has 1 saturated heterocycles. The van der Waals surface area contributed by atoms with Gasteiger partial charge in [-0.25, -0.2) is 4.39 Å². The van der Waals surface area contributed by atoms with Crippen molar-refractivity contribution < 1.29 is 8.81 Å². The lowest BCUT2D eigenvalue weighted by molar-refractivity contribution is 0.439. The van der Waals surface area contributed by atoms with Gasteiger partial charge >= 0.3 is 0 Å². The summed E-state index contributed by atoms with van der Waals surface area (Å²) in [6, 6.07) is 22.9. The standard InChI is InChI=1S/C24H17ClFN3OS/c25-16-6-10-18(11-7-16)29-23(22(28-24(29)31)19-3-1-2-14-27-19)21-13-12-20(30-21)15-4-8-17(26)9-5-15/h1-14,22-23H,(H,28,31)/t22-,23-/m0/s1. The Labute approximate surface area is 189 Å². The zero-order valence-electron chi connectivity index (χ0n) is 16.2. The van der Waals surface area contributed by atoms with Gasteiger partial charge in [0.2, 0.25) is 0 Å². The number of benzene rings is 2. The molecule has 0 aliphatic carbocycles. The van der Waals surface area contributed by atoms with Crippen molar-refractivity contribution in [3.05, 3.63) is 107 Å². The van der Waals surface area contributed by atoms with Gasteiger partial charge in [0.1, 0.15) is 23.4 Å². The summed E-state index contributed by atoms with van der Waals surface area (Å²) in [4.78, 5) is 6.55. The smallest absolute Gasteiger partial charge is 0.174 e. The molecule has 1 fully saturated rings. The van der Waals surface area contributed by atoms with Crippen LogP contribution >= 0.6 is 23.8 Å². The highest BCUT2D eigenvalue weighted by Crippen LogP contribution is 2.43. The maximum absolute atomic E-state index is 13.3. The third kappa shape index (κ3) is 3.80. The van der Waals surface area contributed by atoms with Crippen LogP contribution in [0.2, 0.25) is 5.02 Å². The molecule has 7 heteroatoms. The Balaban J connectivity index is 1.59. The van der Waals surface area contributed by atoms with Gasteiger partial charge in [-0.15, -0.1) is 0 Å². The molecule has 0 saturated carbocycles. The van der Waals surface area contributed by atoms with Gasteiger partial charge in [0.15, 0.2) is 5.11 Å². The minimum atomic E-state index is -0.287. The van der Waals surface area contributed by atoms with Crippen LogP contribution in [0.4, 0.5) is 10.1 Å². The number of thiocarbonyl (C=S) groups is 1. The van der Waals surface area contributed by atoms with Gasteiger partial charge in [-0.2, -0.15) is 0 Å². The van der Waals surface area contributed by atoms with Crippen molar-refractivity contribution in [2.75, 3.05) is 4.90 Å². The van der Waals surface area contributed by atoms with Crippen molar-refractivity contribution in [3.8, 4) is 11.3 Å². The monoisotopic (exact) mass is 449 g/mol. The molecule has 1 aliphatic rings. The number of hydrogen-bond donors (Lipinski definition) is 1. The Kier molecular flexibility index (Phi) is 5.18. The second-order valence-electron chi connectivity index (χ2n) is 7.18. The third-order valence-corrected chi connectivity index (χ3v) is 5.82. The van der Waals surface area contributed by atoms with E-state index in [-0.39, 0.29) is 17.9 Å². The first-order chi connectivity index (χ1) is 15.1. The lowest BCUT2D eigenvalue weighted by atomic mass is 10.0. The number of hydrogen-bond acceptors (Lipinski definition) is 3. The van der Waals surface area contributed by atoms with Gasteiger partial charge in [-0.1, -0.05) is 17.7 Å². The zero-order chi connectivity index (χ0) is 21.4. The number of furan rings is 1. The Morgan fingerprint density at radius 1 is 0.968 bits per heavy atom. The molecule has 3 heterocycles. The van der Waals surface area contributed by atoms with Crippen molar-refractivity contribution in [2.24, 2.45) is 0 Å². The van der Waals surface area contributed by atoms with Gasteiger partial charge in [-0.05, 0) is 85.0 Å². The first kappa shape index (κ1) is 19.7. The highest BCUT2D eigenvalue weighted by Gasteiger charge is 2.42. The predicted molar refractivity (Wildman–Crippen MR) is 123 cm³/mol. The lowest BCUT2D eigenvalue weighted by Crippen LogP contribution is -2.29. The quantitative estimate of drug-likeness (QED) is 0.370. The van der Waals surface area contributed by atoms with Crippen LogP contribution in [0, 0.1) is 5.82 Å². The van der Waals surface area contributed by atoms with Gasteiger partial charge in [-0.3, -0.25) is 4.98 Å². The first-order valence-electron chi connectivity index (χ1n) is 9.72. The van der Waals surface area contributed by atoms with E-state index in [1.165, 1.54) is 12.1 Å². The highest BCUT2D eigenvalue weighted by molar-refractivity contribution is 7.80. The molecule has 2 atom stereocenters. The maximum Gasteiger partial charge on any atom is 0.174 e. The van der Waals surface area contributed by atoms with E-state index < -0.39 is 0 Å². The number of aromatic nitrogens is 1. The molecule has 5 rings (SSSR count). The van der Waals surface area contributed by atoms with E-state index in [9.17, 15) is 4.39 Å². The summed E-state index contributed by atoms with van der Waals surface area (Å²) in [6.45, 7) is 0. The largest absolute Gasteiger partial charge is 0.459 e. The summed E-state index contributed by atoms with van der Waals surface area (Å²) >= 11 is 11.8. The molecule has 2 aromatic carbocycles. The number of pyridine rings is 1. The second-order valence-corrected chi connectivity index (χ2v) is 8.01. The number of halogens is 2. The van der Waals surface area contributed by atoms with E-state index >= 15 is 0 Å². The van der Waals surface area contributed by atoms with E-state index in [1.54, 1.807) is 18.3 Å². The molecule has 4 aromatic rings. The van der Waals surface area contributed by atoms with Crippen LogP contribution in [0.15, 0.2) is 89.5 Å². The summed E-state index contributed by atoms with van der Waals surface area (Å²) < 4.78 is 19.6. The third-order valence-electron chi connectivity index (χ3n) is 5.25. The minimum Gasteiger partial charge on any atom is -0.459 e. The Morgan fingerprint density at radius 3 is 2.45 bits per heavy atom. The predicted octanol–water partition coefficient (Wildman–Crippen LogP) is 6.31. The molecule has 154 valence electrons. The minimum absolute atomic E-state index is 0.211. The second kappa shape index (κ2) is 8.13. The van der Waals surface area contributed by atoms with Crippen LogP contribution in [-0.4, -0.2) is 10.1 Å². The molecular formula is C24H17ClFN3OS. The summed E-state index contributed by atoms with van der Waals surface area (Å²) in [5.74, 6) is 1.09. The van der Waals surface area contributed by atoms with Crippen LogP contribution in [-0.2, 0) is 0 Å². The fourth-order valence-corrected chi connectivity index (χ4v) is 4.28. The van der Waals surface area contributed by atoms with E-state index in [0.29, 0.717) is 15.9 Å². The van der Waals surface area contributed by atoms with Crippen LogP contribution in [0.5, 0.6) is 0 Å². The fraction of sp³-hybridized carbons (Fsp3) is 0.0833. The molecule has 0 spiro atoms. The number of anilines is 1. The summed E-state index contributed by atoms with van der Waals surface area (Å²) in [5, 5.41) is 4.61. The molecule has 0 bridgehead atoms. The van der Waals surface area contributed by atoms with Crippen molar-refractivity contribution in [2.45, 2.75) is 12.1 Å². The highest BCUT2D eigenvalue weighted by atomic mass is 35.5. The lowest BCUT2D eigenvalue weighted by Gasteiger charge is -2.26. The van der Waals surface area contributed by atoms with Crippen LogP contribution in [0.3, 0.4) is 0 Å². The fourth-order valence-electron chi connectivity index (χ4n) is 3.80. The molecule has 31 heavy (non-hydrogen) atoms. The molecular weight excluding hydrogens is 433 g/mol. The topological polar surface area (TPSA) is 41.3 Å². The van der Waals surface area contributed by atoms with E-state index in [2.05, 4.69) is 10.3 Å². The van der Waals surface area contributed by atoms with Gasteiger partial charge in [0, 0.05) is 22.5 Å². The van der Waals surface area contributed by atoms with Gasteiger partial charge in [0.25, 0.3) is 0 Å². The average molecular weight is 450 g/mol. The molecule has 1 N–H and O–H groups in total. The normalized spacial score (nSPS) is 18.3. The van der Waals surface area contributed by atoms with Crippen molar-refractivity contribution in [1.82, 2.24) is 10.3 Å². The Morgan fingerprint density at radius 2 is 1.74 bits per heavy atom. The molecule has 2 aromatic heterocycles. The number of nitrogens with one attached hydrogen (secondary N) is 1. The number of nitrogens with zero attached hydrogens (tertiary/aromatic N) is 2. The van der Waals surface area contributed by atoms with Crippen molar-refractivity contribution >= 4 is 34.6 Å². The molecule has 0 amide bonds. The Bertz CT molecular complexity index is 1210. The van der Waals surface area contributed by atoms with Crippen LogP contribution in [0.1, 0.15) is 23.5 Å². The van der Waals surface area contributed by atoms with Crippen molar-refractivity contribution in [1.29, 1.82) is 0 Å². The van der Waals surface area contributed by atoms with Gasteiger partial charge < -0.3 is 14.6 Å².